The Morgan fingerprint density at radius 3 is 2.48 bits per heavy atom. The molecular formula is C21H18N2O4. The molecule has 3 aromatic rings. The van der Waals surface area contributed by atoms with Gasteiger partial charge >= 0.3 is 0 Å². The maximum Gasteiger partial charge on any atom is 0.265 e. The third-order valence-electron chi connectivity index (χ3n) is 4.65. The van der Waals surface area contributed by atoms with E-state index >= 15 is 0 Å². The first-order valence-electron chi connectivity index (χ1n) is 8.59. The lowest BCUT2D eigenvalue weighted by Crippen LogP contribution is -2.40. The highest BCUT2D eigenvalue weighted by atomic mass is 16.5. The fourth-order valence-electron chi connectivity index (χ4n) is 3.43. The van der Waals surface area contributed by atoms with E-state index in [9.17, 15) is 9.59 Å². The van der Waals surface area contributed by atoms with Crippen molar-refractivity contribution in [3.63, 3.8) is 0 Å². The third-order valence-corrected chi connectivity index (χ3v) is 4.65. The van der Waals surface area contributed by atoms with E-state index in [1.807, 2.05) is 6.07 Å². The van der Waals surface area contributed by atoms with E-state index in [-0.39, 0.29) is 18.4 Å². The number of benzene rings is 3. The maximum absolute atomic E-state index is 13.1. The molecule has 0 unspecified atom stereocenters. The number of nitrogens with zero attached hydrogens (tertiary/aromatic N) is 1. The minimum atomic E-state index is -0.370. The molecule has 0 radical (unpaired) electrons. The quantitative estimate of drug-likeness (QED) is 0.682. The van der Waals surface area contributed by atoms with Crippen molar-refractivity contribution in [3.8, 4) is 5.75 Å². The highest BCUT2D eigenvalue weighted by molar-refractivity contribution is 6.36. The van der Waals surface area contributed by atoms with Gasteiger partial charge in [-0.3, -0.25) is 9.59 Å². The first kappa shape index (κ1) is 17.1. The van der Waals surface area contributed by atoms with Gasteiger partial charge in [-0.15, -0.1) is 0 Å². The Morgan fingerprint density at radius 2 is 1.74 bits per heavy atom. The minimum Gasteiger partial charge on any atom is -0.497 e. The summed E-state index contributed by atoms with van der Waals surface area (Å²) in [6.07, 6.45) is 0. The summed E-state index contributed by atoms with van der Waals surface area (Å²) >= 11 is 0. The van der Waals surface area contributed by atoms with Crippen molar-refractivity contribution in [1.82, 2.24) is 0 Å². The number of carbonyl (C=O) groups is 2. The molecule has 1 heterocycles. The number of aliphatic hydroxyl groups is 1. The fraction of sp³-hybridized carbons (Fsp3) is 0.143. The van der Waals surface area contributed by atoms with Crippen molar-refractivity contribution in [2.45, 2.75) is 0 Å². The zero-order valence-corrected chi connectivity index (χ0v) is 14.7. The van der Waals surface area contributed by atoms with E-state index in [4.69, 9.17) is 9.84 Å². The lowest BCUT2D eigenvalue weighted by molar-refractivity contribution is 0.0893. The van der Waals surface area contributed by atoms with Gasteiger partial charge in [0, 0.05) is 40.2 Å². The predicted molar refractivity (Wildman–Crippen MR) is 104 cm³/mol. The number of ether oxygens (including phenoxy) is 1. The van der Waals surface area contributed by atoms with Crippen LogP contribution in [0.15, 0.2) is 54.6 Å². The number of carbonyl (C=O) groups excluding carboxylic acids is 2. The molecule has 0 saturated heterocycles. The summed E-state index contributed by atoms with van der Waals surface area (Å²) in [4.78, 5) is 27.5. The maximum atomic E-state index is 13.1. The number of amides is 2. The average Bonchev–Trinajstić information content (AvgIpc) is 2.71. The zero-order chi connectivity index (χ0) is 19.0. The number of methoxy groups -OCH3 is 1. The SMILES string of the molecule is COc1cccc(N2C(=O)c3cccc4c(NCCO)ccc(c34)C2=O)c1. The Morgan fingerprint density at radius 1 is 1.00 bits per heavy atom. The van der Waals surface area contributed by atoms with Crippen molar-refractivity contribution in [1.29, 1.82) is 0 Å². The largest absolute Gasteiger partial charge is 0.497 e. The molecule has 0 saturated carbocycles. The number of nitrogens with one attached hydrogen (secondary N) is 1. The van der Waals surface area contributed by atoms with Gasteiger partial charge in [0.2, 0.25) is 0 Å². The average molecular weight is 362 g/mol. The van der Waals surface area contributed by atoms with E-state index in [0.717, 1.165) is 11.1 Å². The molecule has 6 nitrogen and oxygen atoms in total. The molecule has 1 aliphatic heterocycles. The Bertz CT molecular complexity index is 1040. The Hall–Kier alpha value is -3.38. The molecule has 0 fully saturated rings. The van der Waals surface area contributed by atoms with Crippen LogP contribution in [0, 0.1) is 0 Å². The second kappa shape index (κ2) is 6.74. The lowest BCUT2D eigenvalue weighted by atomic mass is 9.92. The van der Waals surface area contributed by atoms with E-state index in [2.05, 4.69) is 5.32 Å². The summed E-state index contributed by atoms with van der Waals surface area (Å²) in [5.74, 6) is -0.169. The molecule has 0 atom stereocenters. The van der Waals surface area contributed by atoms with Crippen LogP contribution in [-0.2, 0) is 0 Å². The van der Waals surface area contributed by atoms with Gasteiger partial charge in [0.1, 0.15) is 5.75 Å². The molecule has 1 aliphatic rings. The topological polar surface area (TPSA) is 78.9 Å². The van der Waals surface area contributed by atoms with Crippen molar-refractivity contribution < 1.29 is 19.4 Å². The molecule has 0 bridgehead atoms. The van der Waals surface area contributed by atoms with Gasteiger partial charge in [-0.05, 0) is 30.3 Å². The summed E-state index contributed by atoms with van der Waals surface area (Å²) in [5, 5.41) is 13.6. The molecule has 2 amide bonds. The Kier molecular flexibility index (Phi) is 4.25. The van der Waals surface area contributed by atoms with E-state index in [1.54, 1.807) is 48.5 Å². The van der Waals surface area contributed by atoms with Gasteiger partial charge in [-0.1, -0.05) is 18.2 Å². The van der Waals surface area contributed by atoms with Crippen LogP contribution in [0.2, 0.25) is 0 Å². The summed E-state index contributed by atoms with van der Waals surface area (Å²) in [6.45, 7) is 0.376. The summed E-state index contributed by atoms with van der Waals surface area (Å²) in [7, 11) is 1.54. The zero-order valence-electron chi connectivity index (χ0n) is 14.7. The summed E-state index contributed by atoms with van der Waals surface area (Å²) < 4.78 is 5.22. The highest BCUT2D eigenvalue weighted by Crippen LogP contribution is 2.36. The molecule has 0 aliphatic carbocycles. The second-order valence-electron chi connectivity index (χ2n) is 6.19. The van der Waals surface area contributed by atoms with Crippen LogP contribution >= 0.6 is 0 Å². The molecular weight excluding hydrogens is 344 g/mol. The molecule has 0 aromatic heterocycles. The minimum absolute atomic E-state index is 0.00951. The Balaban J connectivity index is 1.88. The molecule has 4 rings (SSSR count). The van der Waals surface area contributed by atoms with Crippen LogP contribution < -0.4 is 15.0 Å². The fourth-order valence-corrected chi connectivity index (χ4v) is 3.43. The van der Waals surface area contributed by atoms with Gasteiger partial charge in [0.25, 0.3) is 11.8 Å². The van der Waals surface area contributed by atoms with Gasteiger partial charge in [-0.2, -0.15) is 0 Å². The molecule has 27 heavy (non-hydrogen) atoms. The van der Waals surface area contributed by atoms with Gasteiger partial charge in [-0.25, -0.2) is 4.90 Å². The van der Waals surface area contributed by atoms with E-state index in [0.29, 0.717) is 34.5 Å². The van der Waals surface area contributed by atoms with E-state index < -0.39 is 0 Å². The first-order chi connectivity index (χ1) is 13.2. The number of aliphatic hydroxyl groups excluding tert-OH is 1. The smallest absolute Gasteiger partial charge is 0.265 e. The van der Waals surface area contributed by atoms with Crippen molar-refractivity contribution in [3.05, 3.63) is 65.7 Å². The van der Waals surface area contributed by atoms with Gasteiger partial charge in [0.15, 0.2) is 0 Å². The van der Waals surface area contributed by atoms with Crippen LogP contribution in [-0.4, -0.2) is 37.2 Å². The standard InChI is InChI=1S/C21H18N2O4/c1-27-14-5-2-4-13(12-14)23-20(25)16-7-3-6-15-18(22-10-11-24)9-8-17(19(15)16)21(23)26/h2-9,12,22,24H,10-11H2,1H3. The molecule has 0 spiro atoms. The number of hydrogen-bond acceptors (Lipinski definition) is 5. The molecule has 136 valence electrons. The van der Waals surface area contributed by atoms with Gasteiger partial charge in [0.05, 0.1) is 19.4 Å². The summed E-state index contributed by atoms with van der Waals surface area (Å²) in [6, 6.07) is 15.8. The first-order valence-corrected chi connectivity index (χ1v) is 8.59. The second-order valence-corrected chi connectivity index (χ2v) is 6.19. The third kappa shape index (κ3) is 2.71. The Labute approximate surface area is 156 Å². The van der Waals surface area contributed by atoms with Crippen molar-refractivity contribution in [2.24, 2.45) is 0 Å². The molecule has 6 heteroatoms. The molecule has 3 aromatic carbocycles. The van der Waals surface area contributed by atoms with Crippen molar-refractivity contribution >= 4 is 34.0 Å². The number of anilines is 2. The van der Waals surface area contributed by atoms with Crippen LogP contribution in [0.25, 0.3) is 10.8 Å². The number of hydrogen-bond donors (Lipinski definition) is 2. The monoisotopic (exact) mass is 362 g/mol. The summed E-state index contributed by atoms with van der Waals surface area (Å²) in [5.41, 5.74) is 2.18. The predicted octanol–water partition coefficient (Wildman–Crippen LogP) is 3.05. The normalized spacial score (nSPS) is 13.2. The number of rotatable bonds is 5. The lowest BCUT2D eigenvalue weighted by Gasteiger charge is -2.28. The molecule has 2 N–H and O–H groups in total. The van der Waals surface area contributed by atoms with Crippen LogP contribution in [0.3, 0.4) is 0 Å². The van der Waals surface area contributed by atoms with Crippen LogP contribution in [0.4, 0.5) is 11.4 Å². The number of imide groups is 1. The van der Waals surface area contributed by atoms with Crippen LogP contribution in [0.5, 0.6) is 5.75 Å². The van der Waals surface area contributed by atoms with Crippen molar-refractivity contribution in [2.75, 3.05) is 30.5 Å². The van der Waals surface area contributed by atoms with Gasteiger partial charge < -0.3 is 15.2 Å². The van der Waals surface area contributed by atoms with Crippen LogP contribution in [0.1, 0.15) is 20.7 Å². The highest BCUT2D eigenvalue weighted by Gasteiger charge is 2.34. The van der Waals surface area contributed by atoms with E-state index in [1.165, 1.54) is 12.0 Å².